The summed E-state index contributed by atoms with van der Waals surface area (Å²) in [5, 5.41) is 1.61. The average Bonchev–Trinajstić information content (AvgIpc) is 2.30. The van der Waals surface area contributed by atoms with Gasteiger partial charge >= 0.3 is 0 Å². The molecule has 0 unspecified atom stereocenters. The van der Waals surface area contributed by atoms with E-state index >= 15 is 0 Å². The molecule has 0 fully saturated rings. The van der Waals surface area contributed by atoms with Crippen LogP contribution in [0.4, 0.5) is 5.69 Å². The SMILES string of the molecule is CCc1cc(-c2c(Cl)cc(Cl)cc2Cl)ccc1N. The highest BCUT2D eigenvalue weighted by molar-refractivity contribution is 6.41. The summed E-state index contributed by atoms with van der Waals surface area (Å²) in [7, 11) is 0. The maximum Gasteiger partial charge on any atom is 0.0514 e. The molecule has 2 rings (SSSR count). The molecule has 0 bridgehead atoms. The van der Waals surface area contributed by atoms with Crippen LogP contribution in [0, 0.1) is 0 Å². The van der Waals surface area contributed by atoms with E-state index in [0.29, 0.717) is 15.1 Å². The van der Waals surface area contributed by atoms with Crippen molar-refractivity contribution in [2.45, 2.75) is 13.3 Å². The third-order valence-corrected chi connectivity index (χ3v) is 3.63. The Bertz CT molecular complexity index is 571. The van der Waals surface area contributed by atoms with Crippen molar-refractivity contribution < 1.29 is 0 Å². The molecule has 0 spiro atoms. The number of halogens is 3. The van der Waals surface area contributed by atoms with Crippen LogP contribution < -0.4 is 5.73 Å². The summed E-state index contributed by atoms with van der Waals surface area (Å²) in [4.78, 5) is 0. The molecule has 0 aliphatic heterocycles. The third kappa shape index (κ3) is 2.59. The van der Waals surface area contributed by atoms with E-state index in [0.717, 1.165) is 28.8 Å². The van der Waals surface area contributed by atoms with Crippen molar-refractivity contribution in [3.05, 3.63) is 51.0 Å². The maximum absolute atomic E-state index is 6.20. The summed E-state index contributed by atoms with van der Waals surface area (Å²) in [6.45, 7) is 2.06. The molecule has 0 aliphatic rings. The first-order valence-electron chi connectivity index (χ1n) is 5.56. The van der Waals surface area contributed by atoms with Crippen LogP contribution in [0.25, 0.3) is 11.1 Å². The molecule has 2 aromatic carbocycles. The standard InChI is InChI=1S/C14H12Cl3N/c1-2-8-5-9(3-4-13(8)18)14-11(16)6-10(15)7-12(14)17/h3-7H,2,18H2,1H3. The van der Waals surface area contributed by atoms with Crippen molar-refractivity contribution in [2.24, 2.45) is 0 Å². The van der Waals surface area contributed by atoms with E-state index in [1.165, 1.54) is 0 Å². The zero-order valence-corrected chi connectivity index (χ0v) is 12.1. The van der Waals surface area contributed by atoms with E-state index in [1.807, 2.05) is 18.2 Å². The molecule has 0 aromatic heterocycles. The van der Waals surface area contributed by atoms with E-state index in [2.05, 4.69) is 6.92 Å². The van der Waals surface area contributed by atoms with Crippen molar-refractivity contribution >= 4 is 40.5 Å². The normalized spacial score (nSPS) is 10.7. The zero-order chi connectivity index (χ0) is 13.3. The van der Waals surface area contributed by atoms with Gasteiger partial charge in [0.25, 0.3) is 0 Å². The summed E-state index contributed by atoms with van der Waals surface area (Å²) in [6.07, 6.45) is 0.864. The van der Waals surface area contributed by atoms with Crippen molar-refractivity contribution in [3.63, 3.8) is 0 Å². The van der Waals surface area contributed by atoms with Crippen molar-refractivity contribution in [1.82, 2.24) is 0 Å². The van der Waals surface area contributed by atoms with Crippen molar-refractivity contribution in [1.29, 1.82) is 0 Å². The first-order chi connectivity index (χ1) is 8.52. The van der Waals surface area contributed by atoms with E-state index in [4.69, 9.17) is 40.5 Å². The Balaban J connectivity index is 2.62. The minimum atomic E-state index is 0.528. The highest BCUT2D eigenvalue weighted by Crippen LogP contribution is 2.38. The van der Waals surface area contributed by atoms with Crippen LogP contribution in [0.2, 0.25) is 15.1 Å². The van der Waals surface area contributed by atoms with Gasteiger partial charge in [-0.25, -0.2) is 0 Å². The Morgan fingerprint density at radius 1 is 1.00 bits per heavy atom. The van der Waals surface area contributed by atoms with E-state index in [9.17, 15) is 0 Å². The smallest absolute Gasteiger partial charge is 0.0514 e. The Hall–Kier alpha value is -0.890. The molecule has 2 aromatic rings. The van der Waals surface area contributed by atoms with Gasteiger partial charge < -0.3 is 5.73 Å². The minimum absolute atomic E-state index is 0.528. The number of aryl methyl sites for hydroxylation is 1. The molecular formula is C14H12Cl3N. The second-order valence-corrected chi connectivity index (χ2v) is 5.26. The van der Waals surface area contributed by atoms with Crippen LogP contribution in [-0.4, -0.2) is 0 Å². The van der Waals surface area contributed by atoms with Gasteiger partial charge in [-0.3, -0.25) is 0 Å². The Kier molecular flexibility index (Phi) is 4.06. The number of hydrogen-bond donors (Lipinski definition) is 1. The fourth-order valence-electron chi connectivity index (χ4n) is 1.89. The lowest BCUT2D eigenvalue weighted by molar-refractivity contribution is 1.15. The molecule has 0 heterocycles. The van der Waals surface area contributed by atoms with Gasteiger partial charge in [-0.15, -0.1) is 0 Å². The predicted octanol–water partition coefficient (Wildman–Crippen LogP) is 5.46. The summed E-state index contributed by atoms with van der Waals surface area (Å²) in [5.41, 5.74) is 9.49. The van der Waals surface area contributed by atoms with Crippen LogP contribution in [0.15, 0.2) is 30.3 Å². The molecule has 0 atom stereocenters. The third-order valence-electron chi connectivity index (χ3n) is 2.82. The second kappa shape index (κ2) is 5.40. The van der Waals surface area contributed by atoms with Gasteiger partial charge in [0.05, 0.1) is 10.0 Å². The van der Waals surface area contributed by atoms with Gasteiger partial charge in [0.1, 0.15) is 0 Å². The minimum Gasteiger partial charge on any atom is -0.399 e. The lowest BCUT2D eigenvalue weighted by atomic mass is 10.0. The van der Waals surface area contributed by atoms with Gasteiger partial charge in [0.15, 0.2) is 0 Å². The van der Waals surface area contributed by atoms with Crippen LogP contribution in [0.1, 0.15) is 12.5 Å². The van der Waals surface area contributed by atoms with Crippen LogP contribution in [-0.2, 0) is 6.42 Å². The Morgan fingerprint density at radius 2 is 1.61 bits per heavy atom. The molecule has 0 aliphatic carbocycles. The fourth-order valence-corrected chi connectivity index (χ4v) is 2.92. The molecule has 0 saturated carbocycles. The number of hydrogen-bond acceptors (Lipinski definition) is 1. The zero-order valence-electron chi connectivity index (χ0n) is 9.81. The molecule has 0 radical (unpaired) electrons. The predicted molar refractivity (Wildman–Crippen MR) is 80.7 cm³/mol. The molecule has 2 N–H and O–H groups in total. The van der Waals surface area contributed by atoms with Crippen LogP contribution >= 0.6 is 34.8 Å². The largest absolute Gasteiger partial charge is 0.399 e. The van der Waals surface area contributed by atoms with E-state index < -0.39 is 0 Å². The topological polar surface area (TPSA) is 26.0 Å². The van der Waals surface area contributed by atoms with Gasteiger partial charge in [0.2, 0.25) is 0 Å². The molecule has 1 nitrogen and oxygen atoms in total. The lowest BCUT2D eigenvalue weighted by Gasteiger charge is -2.11. The first-order valence-corrected chi connectivity index (χ1v) is 6.69. The van der Waals surface area contributed by atoms with Crippen LogP contribution in [0.3, 0.4) is 0 Å². The van der Waals surface area contributed by atoms with Gasteiger partial charge in [0, 0.05) is 16.3 Å². The average molecular weight is 301 g/mol. The highest BCUT2D eigenvalue weighted by atomic mass is 35.5. The molecular weight excluding hydrogens is 289 g/mol. The number of nitrogen functional groups attached to an aromatic ring is 1. The van der Waals surface area contributed by atoms with E-state index in [-0.39, 0.29) is 0 Å². The second-order valence-electron chi connectivity index (χ2n) is 4.01. The first kappa shape index (κ1) is 13.5. The summed E-state index contributed by atoms with van der Waals surface area (Å²) >= 11 is 18.3. The van der Waals surface area contributed by atoms with Crippen molar-refractivity contribution in [2.75, 3.05) is 5.73 Å². The Morgan fingerprint density at radius 3 is 2.17 bits per heavy atom. The van der Waals surface area contributed by atoms with Gasteiger partial charge in [-0.1, -0.05) is 47.8 Å². The lowest BCUT2D eigenvalue weighted by Crippen LogP contribution is -1.93. The molecule has 94 valence electrons. The van der Waals surface area contributed by atoms with Gasteiger partial charge in [-0.2, -0.15) is 0 Å². The summed E-state index contributed by atoms with van der Waals surface area (Å²) in [5.74, 6) is 0. The summed E-state index contributed by atoms with van der Waals surface area (Å²) < 4.78 is 0. The highest BCUT2D eigenvalue weighted by Gasteiger charge is 2.11. The molecule has 0 saturated heterocycles. The monoisotopic (exact) mass is 299 g/mol. The van der Waals surface area contributed by atoms with E-state index in [1.54, 1.807) is 12.1 Å². The molecule has 18 heavy (non-hydrogen) atoms. The van der Waals surface area contributed by atoms with Crippen LogP contribution in [0.5, 0.6) is 0 Å². The number of nitrogens with two attached hydrogens (primary N) is 1. The molecule has 0 amide bonds. The fraction of sp³-hybridized carbons (Fsp3) is 0.143. The maximum atomic E-state index is 6.20. The quantitative estimate of drug-likeness (QED) is 0.732. The summed E-state index contributed by atoms with van der Waals surface area (Å²) in [6, 6.07) is 9.17. The number of benzene rings is 2. The van der Waals surface area contributed by atoms with Crippen molar-refractivity contribution in [3.8, 4) is 11.1 Å². The molecule has 4 heteroatoms. The number of anilines is 1. The Labute approximate surface area is 121 Å². The number of rotatable bonds is 2. The van der Waals surface area contributed by atoms with Gasteiger partial charge in [-0.05, 0) is 41.8 Å².